The molecule has 1 fully saturated rings. The van der Waals surface area contributed by atoms with Crippen molar-refractivity contribution in [3.8, 4) is 5.75 Å². The largest absolute Gasteiger partial charge is 0.497 e. The van der Waals surface area contributed by atoms with Gasteiger partial charge in [-0.25, -0.2) is 0 Å². The number of rotatable bonds is 4. The molecule has 0 saturated carbocycles. The maximum absolute atomic E-state index is 5.31. The predicted octanol–water partition coefficient (Wildman–Crippen LogP) is 2.05. The topological polar surface area (TPSA) is 24.5 Å². The van der Waals surface area contributed by atoms with Crippen LogP contribution in [-0.4, -0.2) is 38.2 Å². The number of methoxy groups -OCH3 is 1. The second kappa shape index (κ2) is 6.03. The Morgan fingerprint density at radius 1 is 1.35 bits per heavy atom. The maximum atomic E-state index is 5.31. The van der Waals surface area contributed by atoms with E-state index in [1.54, 1.807) is 7.11 Å². The summed E-state index contributed by atoms with van der Waals surface area (Å²) < 4.78 is 5.31. The number of benzene rings is 1. The van der Waals surface area contributed by atoms with Crippen molar-refractivity contribution in [1.82, 2.24) is 10.2 Å². The van der Waals surface area contributed by atoms with Crippen LogP contribution in [0, 0.1) is 0 Å². The molecular weight excluding hydrogens is 212 g/mol. The summed E-state index contributed by atoms with van der Waals surface area (Å²) in [4.78, 5) is 2.56. The van der Waals surface area contributed by atoms with Crippen LogP contribution in [0.15, 0.2) is 24.3 Å². The van der Waals surface area contributed by atoms with Crippen molar-refractivity contribution in [3.05, 3.63) is 29.8 Å². The highest BCUT2D eigenvalue weighted by Gasteiger charge is 2.20. The average Bonchev–Trinajstić information content (AvgIpc) is 2.41. The Labute approximate surface area is 104 Å². The molecule has 17 heavy (non-hydrogen) atoms. The van der Waals surface area contributed by atoms with Gasteiger partial charge in [0.1, 0.15) is 5.75 Å². The van der Waals surface area contributed by atoms with Crippen LogP contribution in [0.4, 0.5) is 0 Å². The number of ether oxygens (including phenoxy) is 1. The summed E-state index contributed by atoms with van der Waals surface area (Å²) in [5.41, 5.74) is 1.37. The van der Waals surface area contributed by atoms with Crippen LogP contribution in [0.5, 0.6) is 5.75 Å². The van der Waals surface area contributed by atoms with Crippen LogP contribution in [0.3, 0.4) is 0 Å². The van der Waals surface area contributed by atoms with E-state index in [-0.39, 0.29) is 0 Å². The van der Waals surface area contributed by atoms with Crippen LogP contribution < -0.4 is 10.1 Å². The third kappa shape index (κ3) is 2.99. The van der Waals surface area contributed by atoms with Gasteiger partial charge >= 0.3 is 0 Å². The fourth-order valence-corrected chi connectivity index (χ4v) is 2.55. The van der Waals surface area contributed by atoms with E-state index in [1.165, 1.54) is 5.56 Å². The zero-order chi connectivity index (χ0) is 12.1. The molecule has 1 N–H and O–H groups in total. The Bertz CT molecular complexity index is 348. The standard InChI is InChI=1S/C14H22N2O/c1-3-14(16-9-7-15-8-10-16)12-5-4-6-13(11-12)17-2/h4-6,11,14-15H,3,7-10H2,1-2H3. The average molecular weight is 234 g/mol. The molecule has 0 aromatic heterocycles. The lowest BCUT2D eigenvalue weighted by Gasteiger charge is -2.34. The van der Waals surface area contributed by atoms with Crippen molar-refractivity contribution in [2.75, 3.05) is 33.3 Å². The summed E-state index contributed by atoms with van der Waals surface area (Å²) in [6.45, 7) is 6.72. The van der Waals surface area contributed by atoms with Gasteiger partial charge in [-0.3, -0.25) is 4.90 Å². The highest BCUT2D eigenvalue weighted by molar-refractivity contribution is 5.30. The second-order valence-corrected chi connectivity index (χ2v) is 4.49. The molecule has 1 aromatic rings. The van der Waals surface area contributed by atoms with Crippen LogP contribution in [0.25, 0.3) is 0 Å². The molecule has 1 aliphatic rings. The number of nitrogens with zero attached hydrogens (tertiary/aromatic N) is 1. The molecule has 0 amide bonds. The van der Waals surface area contributed by atoms with Gasteiger partial charge in [-0.15, -0.1) is 0 Å². The Morgan fingerprint density at radius 3 is 2.76 bits per heavy atom. The fraction of sp³-hybridized carbons (Fsp3) is 0.571. The van der Waals surface area contributed by atoms with E-state index >= 15 is 0 Å². The van der Waals surface area contributed by atoms with E-state index in [2.05, 4.69) is 35.3 Å². The molecular formula is C14H22N2O. The molecule has 1 aromatic carbocycles. The van der Waals surface area contributed by atoms with Gasteiger partial charge in [-0.1, -0.05) is 19.1 Å². The van der Waals surface area contributed by atoms with Crippen molar-refractivity contribution in [2.24, 2.45) is 0 Å². The summed E-state index contributed by atoms with van der Waals surface area (Å²) in [6, 6.07) is 8.98. The van der Waals surface area contributed by atoms with Crippen LogP contribution in [0.1, 0.15) is 24.9 Å². The number of hydrogen-bond donors (Lipinski definition) is 1. The third-order valence-corrected chi connectivity index (χ3v) is 3.46. The molecule has 0 bridgehead atoms. The molecule has 3 heteroatoms. The Hall–Kier alpha value is -1.06. The molecule has 1 heterocycles. The first-order valence-electron chi connectivity index (χ1n) is 6.44. The summed E-state index contributed by atoms with van der Waals surface area (Å²) in [5, 5.41) is 3.40. The zero-order valence-corrected chi connectivity index (χ0v) is 10.8. The quantitative estimate of drug-likeness (QED) is 0.863. The molecule has 0 radical (unpaired) electrons. The van der Waals surface area contributed by atoms with Gasteiger partial charge in [0.15, 0.2) is 0 Å². The van der Waals surface area contributed by atoms with Crippen molar-refractivity contribution in [3.63, 3.8) is 0 Å². The van der Waals surface area contributed by atoms with Crippen LogP contribution in [0.2, 0.25) is 0 Å². The molecule has 1 unspecified atom stereocenters. The van der Waals surface area contributed by atoms with Gasteiger partial charge in [0.05, 0.1) is 7.11 Å². The molecule has 1 saturated heterocycles. The van der Waals surface area contributed by atoms with E-state index in [9.17, 15) is 0 Å². The number of piperazine rings is 1. The molecule has 1 atom stereocenters. The van der Waals surface area contributed by atoms with E-state index < -0.39 is 0 Å². The fourth-order valence-electron chi connectivity index (χ4n) is 2.55. The van der Waals surface area contributed by atoms with E-state index in [1.807, 2.05) is 6.07 Å². The van der Waals surface area contributed by atoms with Crippen molar-refractivity contribution in [2.45, 2.75) is 19.4 Å². The predicted molar refractivity (Wildman–Crippen MR) is 70.5 cm³/mol. The first-order chi connectivity index (χ1) is 8.35. The monoisotopic (exact) mass is 234 g/mol. The summed E-state index contributed by atoms with van der Waals surface area (Å²) in [5.74, 6) is 0.955. The van der Waals surface area contributed by atoms with Gasteiger partial charge in [0.2, 0.25) is 0 Å². The maximum Gasteiger partial charge on any atom is 0.119 e. The minimum Gasteiger partial charge on any atom is -0.497 e. The van der Waals surface area contributed by atoms with Gasteiger partial charge < -0.3 is 10.1 Å². The van der Waals surface area contributed by atoms with Gasteiger partial charge in [-0.05, 0) is 24.1 Å². The lowest BCUT2D eigenvalue weighted by molar-refractivity contribution is 0.169. The van der Waals surface area contributed by atoms with Gasteiger partial charge in [-0.2, -0.15) is 0 Å². The van der Waals surface area contributed by atoms with Gasteiger partial charge in [0, 0.05) is 32.2 Å². The SMILES string of the molecule is CCC(c1cccc(OC)c1)N1CCNCC1. The second-order valence-electron chi connectivity index (χ2n) is 4.49. The highest BCUT2D eigenvalue weighted by Crippen LogP contribution is 2.27. The summed E-state index contributed by atoms with van der Waals surface area (Å²) in [7, 11) is 1.73. The van der Waals surface area contributed by atoms with Crippen LogP contribution in [-0.2, 0) is 0 Å². The minimum absolute atomic E-state index is 0.521. The van der Waals surface area contributed by atoms with E-state index in [0.717, 1.165) is 38.3 Å². The molecule has 1 aliphatic heterocycles. The minimum atomic E-state index is 0.521. The first kappa shape index (κ1) is 12.4. The van der Waals surface area contributed by atoms with Gasteiger partial charge in [0.25, 0.3) is 0 Å². The summed E-state index contributed by atoms with van der Waals surface area (Å²) in [6.07, 6.45) is 1.15. The van der Waals surface area contributed by atoms with E-state index in [0.29, 0.717) is 6.04 Å². The van der Waals surface area contributed by atoms with E-state index in [4.69, 9.17) is 4.74 Å². The molecule has 3 nitrogen and oxygen atoms in total. The molecule has 0 spiro atoms. The Morgan fingerprint density at radius 2 is 2.12 bits per heavy atom. The first-order valence-corrected chi connectivity index (χ1v) is 6.44. The lowest BCUT2D eigenvalue weighted by atomic mass is 10.0. The Balaban J connectivity index is 2.15. The van der Waals surface area contributed by atoms with Crippen molar-refractivity contribution < 1.29 is 4.74 Å². The number of hydrogen-bond acceptors (Lipinski definition) is 3. The molecule has 94 valence electrons. The lowest BCUT2D eigenvalue weighted by Crippen LogP contribution is -2.45. The molecule has 0 aliphatic carbocycles. The smallest absolute Gasteiger partial charge is 0.119 e. The van der Waals surface area contributed by atoms with Crippen molar-refractivity contribution >= 4 is 0 Å². The number of nitrogens with one attached hydrogen (secondary N) is 1. The summed E-state index contributed by atoms with van der Waals surface area (Å²) >= 11 is 0. The third-order valence-electron chi connectivity index (χ3n) is 3.46. The normalized spacial score (nSPS) is 18.9. The van der Waals surface area contributed by atoms with Crippen LogP contribution >= 0.6 is 0 Å². The zero-order valence-electron chi connectivity index (χ0n) is 10.8. The molecule has 2 rings (SSSR count). The highest BCUT2D eigenvalue weighted by atomic mass is 16.5. The Kier molecular flexibility index (Phi) is 4.40. The van der Waals surface area contributed by atoms with Crippen molar-refractivity contribution in [1.29, 1.82) is 0 Å².